The highest BCUT2D eigenvalue weighted by Crippen LogP contribution is 2.48. The number of fused-ring (bicyclic) bond motifs is 2. The van der Waals surface area contributed by atoms with Crippen molar-refractivity contribution in [1.29, 1.82) is 0 Å². The molecule has 0 saturated carbocycles. The highest BCUT2D eigenvalue weighted by atomic mass is 16.5. The Kier molecular flexibility index (Phi) is 29.6. The molecule has 0 unspecified atom stereocenters. The van der Waals surface area contributed by atoms with E-state index in [9.17, 15) is 0 Å². The second-order valence-electron chi connectivity index (χ2n) is 33.4. The van der Waals surface area contributed by atoms with E-state index in [2.05, 4.69) is 121 Å². The lowest BCUT2D eigenvalue weighted by Gasteiger charge is -2.28. The lowest BCUT2D eigenvalue weighted by molar-refractivity contribution is 0.272. The molecule has 0 fully saturated rings. The van der Waals surface area contributed by atoms with Crippen molar-refractivity contribution in [2.75, 3.05) is 0 Å². The third kappa shape index (κ3) is 25.2. The molecular weight excluding hydrogens is 1640 g/mol. The molecule has 0 saturated heterocycles. The average Bonchev–Trinajstić information content (AvgIpc) is 0.750. The molecule has 0 spiro atoms. The molecule has 0 atom stereocenters. The first-order valence-corrected chi connectivity index (χ1v) is 45.5. The number of aryl methyl sites for hydroxylation is 2. The van der Waals surface area contributed by atoms with Gasteiger partial charge in [-0.15, -0.1) is 0 Å². The lowest BCUT2D eigenvalue weighted by atomic mass is 9.80. The molecule has 0 N–H and O–H groups in total. The van der Waals surface area contributed by atoms with Crippen molar-refractivity contribution in [2.45, 2.75) is 144 Å². The van der Waals surface area contributed by atoms with Crippen molar-refractivity contribution in [1.82, 2.24) is 0 Å². The van der Waals surface area contributed by atoms with Crippen molar-refractivity contribution in [3.05, 3.63) is 476 Å². The van der Waals surface area contributed by atoms with Gasteiger partial charge in [0.1, 0.15) is 173 Å². The van der Waals surface area contributed by atoms with Gasteiger partial charge in [-0.25, -0.2) is 0 Å². The van der Waals surface area contributed by atoms with Gasteiger partial charge in [0, 0.05) is 47.5 Å². The van der Waals surface area contributed by atoms with Crippen LogP contribution in [0.4, 0.5) is 0 Å². The summed E-state index contributed by atoms with van der Waals surface area (Å²) in [6.07, 6.45) is 7.93. The van der Waals surface area contributed by atoms with Crippen LogP contribution < -0.4 is 66.3 Å². The standard InChI is InChI=1S/C118H106O14/c1-9-29-85(30-10-1)71-119-101-53-93(54-102(65-101)120-72-86-31-11-2-12-32-86)79-127-109-61-97(62-110(69-109)128-80-94-55-103(121-73-87-33-13-3-14-34-87)66-104(56-94)122-74-88-35-15-4-16-36-88)83-131-115-51-49-99-45-25-27-47-113(99)117(115)118-114-48-28-26-46-100(114)50-52-116(118)132-84-98-63-111(129-81-95-57-105(123-75-89-37-17-5-18-38-89)67-106(58-95)124-76-90-39-19-6-20-40-90)70-112(64-98)130-82-96-59-107(125-77-91-41-21-7-22-42-91)68-108(60-96)126-78-92-43-23-8-24-44-92/h1-24,29-44,49-70H,25-28,45-48,71-84H2. The third-order valence-electron chi connectivity index (χ3n) is 23.3. The Labute approximate surface area is 773 Å². The summed E-state index contributed by atoms with van der Waals surface area (Å²) in [6.45, 7) is 4.07. The molecule has 2 aliphatic carbocycles. The van der Waals surface area contributed by atoms with Crippen molar-refractivity contribution in [3.63, 3.8) is 0 Å². The van der Waals surface area contributed by atoms with Gasteiger partial charge >= 0.3 is 0 Å². The molecule has 662 valence electrons. The summed E-state index contributed by atoms with van der Waals surface area (Å²) in [5.74, 6) is 9.09. The highest BCUT2D eigenvalue weighted by Gasteiger charge is 2.28. The van der Waals surface area contributed by atoms with E-state index >= 15 is 0 Å². The van der Waals surface area contributed by atoms with Gasteiger partial charge in [0.15, 0.2) is 0 Å². The zero-order valence-electron chi connectivity index (χ0n) is 74.1. The van der Waals surface area contributed by atoms with Gasteiger partial charge in [0.2, 0.25) is 0 Å². The summed E-state index contributed by atoms with van der Waals surface area (Å²) in [4.78, 5) is 0. The van der Waals surface area contributed by atoms with Crippen LogP contribution in [0.25, 0.3) is 11.1 Å². The average molecular weight is 1750 g/mol. The van der Waals surface area contributed by atoms with Crippen LogP contribution >= 0.6 is 0 Å². The highest BCUT2D eigenvalue weighted by molar-refractivity contribution is 5.84. The Morgan fingerprint density at radius 3 is 0.462 bits per heavy atom. The summed E-state index contributed by atoms with van der Waals surface area (Å²) in [5.41, 5.74) is 20.8. The topological polar surface area (TPSA) is 129 Å². The molecule has 0 aromatic heterocycles. The Bertz CT molecular complexity index is 5450. The van der Waals surface area contributed by atoms with Gasteiger partial charge in [-0.2, -0.15) is 0 Å². The molecule has 0 bridgehead atoms. The molecule has 0 heterocycles. The van der Waals surface area contributed by atoms with E-state index in [-0.39, 0.29) is 39.6 Å². The van der Waals surface area contributed by atoms with Crippen molar-refractivity contribution < 1.29 is 66.3 Å². The van der Waals surface area contributed by atoms with Crippen LogP contribution in [-0.4, -0.2) is 0 Å². The number of benzene rings is 16. The predicted octanol–water partition coefficient (Wildman–Crippen LogP) is 27.2. The quantitative estimate of drug-likeness (QED) is 0.0359. The minimum Gasteiger partial charge on any atom is -0.489 e. The number of ether oxygens (including phenoxy) is 14. The maximum atomic E-state index is 7.43. The molecule has 16 aromatic carbocycles. The molecule has 2 aliphatic rings. The number of hydrogen-bond acceptors (Lipinski definition) is 14. The molecule has 14 heteroatoms. The van der Waals surface area contributed by atoms with Crippen LogP contribution in [-0.2, 0) is 118 Å². The number of rotatable bonds is 43. The summed E-state index contributed by atoms with van der Waals surface area (Å²) in [5, 5.41) is 0. The fraction of sp³-hybridized carbons (Fsp3) is 0.186. The Hall–Kier alpha value is -15.3. The molecule has 14 nitrogen and oxygen atoms in total. The first-order valence-electron chi connectivity index (χ1n) is 45.5. The van der Waals surface area contributed by atoms with E-state index in [1.165, 1.54) is 22.3 Å². The SMILES string of the molecule is c1ccc(COc2cc(COc3cc(COc4ccc5c(c4-c4c(OCc6cc(OCc7cc(OCc8ccccc8)cc(OCc8ccccc8)c7)cc(OCc7cc(OCc8ccccc8)cc(OCc8ccccc8)c7)c6)ccc6c4CCCC6)CCCC5)cc(OCc4cc(OCc5ccccc5)cc(OCc5ccccc5)c4)c3)cc(OCc3ccccc3)c2)cc1. The Morgan fingerprint density at radius 2 is 0.288 bits per heavy atom. The second-order valence-corrected chi connectivity index (χ2v) is 33.4. The van der Waals surface area contributed by atoms with Crippen LogP contribution in [0.2, 0.25) is 0 Å². The smallest absolute Gasteiger partial charge is 0.128 e. The summed E-state index contributed by atoms with van der Waals surface area (Å²) in [7, 11) is 0. The number of hydrogen-bond donors (Lipinski definition) is 0. The normalized spacial score (nSPS) is 12.0. The Morgan fingerprint density at radius 1 is 0.136 bits per heavy atom. The minimum atomic E-state index is 0.167. The molecular formula is C118H106O14. The van der Waals surface area contributed by atoms with E-state index in [0.717, 1.165) is 152 Å². The van der Waals surface area contributed by atoms with Crippen LogP contribution in [0.3, 0.4) is 0 Å². The van der Waals surface area contributed by atoms with Crippen molar-refractivity contribution >= 4 is 0 Å². The van der Waals surface area contributed by atoms with E-state index in [1.807, 2.05) is 255 Å². The second kappa shape index (κ2) is 44.6. The van der Waals surface area contributed by atoms with E-state index in [0.29, 0.717) is 122 Å². The molecule has 18 rings (SSSR count). The summed E-state index contributed by atoms with van der Waals surface area (Å²) < 4.78 is 94.7. The lowest BCUT2D eigenvalue weighted by Crippen LogP contribution is -2.12. The van der Waals surface area contributed by atoms with E-state index < -0.39 is 0 Å². The zero-order valence-corrected chi connectivity index (χ0v) is 74.1. The molecule has 0 amide bonds. The van der Waals surface area contributed by atoms with Crippen molar-refractivity contribution in [3.8, 4) is 91.6 Å². The Balaban J connectivity index is 0.666. The molecule has 0 aliphatic heterocycles. The molecule has 16 aromatic rings. The minimum absolute atomic E-state index is 0.167. The van der Waals surface area contributed by atoms with Crippen LogP contribution in [0.1, 0.15) is 126 Å². The maximum absolute atomic E-state index is 7.43. The fourth-order valence-electron chi connectivity index (χ4n) is 16.6. The summed E-state index contributed by atoms with van der Waals surface area (Å²) >= 11 is 0. The van der Waals surface area contributed by atoms with Gasteiger partial charge in [-0.3, -0.25) is 0 Å². The van der Waals surface area contributed by atoms with Crippen LogP contribution in [0, 0.1) is 0 Å². The first-order chi connectivity index (χ1) is 65.3. The zero-order chi connectivity index (χ0) is 88.9. The summed E-state index contributed by atoms with van der Waals surface area (Å²) in [6, 6.07) is 126. The van der Waals surface area contributed by atoms with Crippen molar-refractivity contribution in [2.24, 2.45) is 0 Å². The van der Waals surface area contributed by atoms with Gasteiger partial charge in [0.05, 0.1) is 0 Å². The van der Waals surface area contributed by atoms with Gasteiger partial charge < -0.3 is 66.3 Å². The van der Waals surface area contributed by atoms with Gasteiger partial charge in [-0.05, 0) is 236 Å². The third-order valence-corrected chi connectivity index (χ3v) is 23.3. The van der Waals surface area contributed by atoms with Crippen LogP contribution in [0.5, 0.6) is 80.5 Å². The molecule has 0 radical (unpaired) electrons. The largest absolute Gasteiger partial charge is 0.489 e. The fourth-order valence-corrected chi connectivity index (χ4v) is 16.6. The van der Waals surface area contributed by atoms with Gasteiger partial charge in [-0.1, -0.05) is 255 Å². The van der Waals surface area contributed by atoms with Gasteiger partial charge in [0.25, 0.3) is 0 Å². The maximum Gasteiger partial charge on any atom is 0.128 e. The first kappa shape index (κ1) is 87.4. The molecule has 132 heavy (non-hydrogen) atoms. The van der Waals surface area contributed by atoms with Crippen LogP contribution in [0.15, 0.2) is 376 Å². The monoisotopic (exact) mass is 1750 g/mol. The van der Waals surface area contributed by atoms with E-state index in [4.69, 9.17) is 66.3 Å². The predicted molar refractivity (Wildman–Crippen MR) is 516 cm³/mol. The van der Waals surface area contributed by atoms with E-state index in [1.54, 1.807) is 0 Å².